The zero-order valence-electron chi connectivity index (χ0n) is 15.6. The SMILES string of the molecule is CC(Sc1nnc(NCC2CCCO2)s1)C(=O)NC(C)c1ccc(Cl)cc1Cl. The van der Waals surface area contributed by atoms with Crippen molar-refractivity contribution in [2.24, 2.45) is 0 Å². The summed E-state index contributed by atoms with van der Waals surface area (Å²) in [5, 5.41) is 16.1. The van der Waals surface area contributed by atoms with E-state index in [9.17, 15) is 4.79 Å². The molecule has 1 fully saturated rings. The molecular formula is C18H22Cl2N4O2S2. The summed E-state index contributed by atoms with van der Waals surface area (Å²) in [6, 6.07) is 5.03. The Morgan fingerprint density at radius 3 is 2.93 bits per heavy atom. The highest BCUT2D eigenvalue weighted by Crippen LogP contribution is 2.30. The number of hydrogen-bond acceptors (Lipinski definition) is 7. The molecule has 1 aromatic heterocycles. The first-order valence-corrected chi connectivity index (χ1v) is 11.5. The van der Waals surface area contributed by atoms with Gasteiger partial charge >= 0.3 is 0 Å². The topological polar surface area (TPSA) is 76.1 Å². The first-order chi connectivity index (χ1) is 13.4. The third-order valence-electron chi connectivity index (χ3n) is 4.35. The zero-order valence-corrected chi connectivity index (χ0v) is 18.7. The molecule has 6 nitrogen and oxygen atoms in total. The Hall–Kier alpha value is -1.06. The lowest BCUT2D eigenvalue weighted by molar-refractivity contribution is -0.120. The summed E-state index contributed by atoms with van der Waals surface area (Å²) < 4.78 is 6.33. The van der Waals surface area contributed by atoms with Gasteiger partial charge in [0, 0.05) is 23.2 Å². The van der Waals surface area contributed by atoms with Gasteiger partial charge in [0.1, 0.15) is 0 Å². The molecule has 28 heavy (non-hydrogen) atoms. The molecule has 2 heterocycles. The number of nitrogens with one attached hydrogen (secondary N) is 2. The fraction of sp³-hybridized carbons (Fsp3) is 0.500. The molecule has 10 heteroatoms. The van der Waals surface area contributed by atoms with Crippen LogP contribution in [0.3, 0.4) is 0 Å². The van der Waals surface area contributed by atoms with Gasteiger partial charge in [-0.05, 0) is 44.4 Å². The van der Waals surface area contributed by atoms with Crippen molar-refractivity contribution in [1.29, 1.82) is 0 Å². The number of hydrogen-bond donors (Lipinski definition) is 2. The monoisotopic (exact) mass is 460 g/mol. The van der Waals surface area contributed by atoms with Crippen LogP contribution in [0.15, 0.2) is 22.5 Å². The van der Waals surface area contributed by atoms with E-state index >= 15 is 0 Å². The highest BCUT2D eigenvalue weighted by Gasteiger charge is 2.21. The minimum atomic E-state index is -0.313. The summed E-state index contributed by atoms with van der Waals surface area (Å²) in [5.74, 6) is -0.0902. The molecule has 1 amide bonds. The fourth-order valence-electron chi connectivity index (χ4n) is 2.80. The van der Waals surface area contributed by atoms with Crippen molar-refractivity contribution in [3.63, 3.8) is 0 Å². The van der Waals surface area contributed by atoms with Crippen LogP contribution in [0.5, 0.6) is 0 Å². The van der Waals surface area contributed by atoms with Gasteiger partial charge in [0.25, 0.3) is 0 Å². The number of ether oxygens (including phenoxy) is 1. The second-order valence-electron chi connectivity index (χ2n) is 6.55. The van der Waals surface area contributed by atoms with Gasteiger partial charge in [-0.3, -0.25) is 4.79 Å². The van der Waals surface area contributed by atoms with Gasteiger partial charge in [-0.25, -0.2) is 0 Å². The lowest BCUT2D eigenvalue weighted by atomic mass is 10.1. The van der Waals surface area contributed by atoms with Crippen LogP contribution in [0.4, 0.5) is 5.13 Å². The molecule has 3 rings (SSSR count). The second-order valence-corrected chi connectivity index (χ2v) is 9.95. The summed E-state index contributed by atoms with van der Waals surface area (Å²) >= 11 is 15.0. The Labute approximate surface area is 182 Å². The second kappa shape index (κ2) is 10.1. The van der Waals surface area contributed by atoms with Crippen molar-refractivity contribution >= 4 is 57.3 Å². The van der Waals surface area contributed by atoms with Gasteiger partial charge in [0.15, 0.2) is 4.34 Å². The first-order valence-electron chi connectivity index (χ1n) is 9.03. The normalized spacial score (nSPS) is 18.6. The van der Waals surface area contributed by atoms with Crippen LogP contribution in [-0.4, -0.2) is 40.6 Å². The minimum Gasteiger partial charge on any atom is -0.376 e. The van der Waals surface area contributed by atoms with Crippen molar-refractivity contribution in [3.8, 4) is 0 Å². The van der Waals surface area contributed by atoms with E-state index in [4.69, 9.17) is 27.9 Å². The minimum absolute atomic E-state index is 0.0902. The van der Waals surface area contributed by atoms with Crippen LogP contribution in [0, 0.1) is 0 Å². The predicted octanol–water partition coefficient (Wildman–Crippen LogP) is 4.79. The van der Waals surface area contributed by atoms with Crippen LogP contribution in [-0.2, 0) is 9.53 Å². The van der Waals surface area contributed by atoms with Crippen LogP contribution in [0.2, 0.25) is 10.0 Å². The number of carbonyl (C=O) groups excluding carboxylic acids is 1. The van der Waals surface area contributed by atoms with E-state index in [1.54, 1.807) is 12.1 Å². The summed E-state index contributed by atoms with van der Waals surface area (Å²) in [6.07, 6.45) is 2.42. The Balaban J connectivity index is 1.49. The van der Waals surface area contributed by atoms with Crippen LogP contribution >= 0.6 is 46.3 Å². The summed E-state index contributed by atoms with van der Waals surface area (Å²) in [7, 11) is 0. The Morgan fingerprint density at radius 1 is 1.39 bits per heavy atom. The van der Waals surface area contributed by atoms with E-state index in [-0.39, 0.29) is 23.3 Å². The number of carbonyl (C=O) groups is 1. The van der Waals surface area contributed by atoms with Crippen molar-refractivity contribution in [1.82, 2.24) is 15.5 Å². The number of thioether (sulfide) groups is 1. The van der Waals surface area contributed by atoms with Crippen molar-refractivity contribution in [2.45, 2.75) is 48.4 Å². The molecule has 3 atom stereocenters. The van der Waals surface area contributed by atoms with Crippen LogP contribution in [0.1, 0.15) is 38.3 Å². The lowest BCUT2D eigenvalue weighted by Crippen LogP contribution is -2.33. The number of amides is 1. The molecule has 0 radical (unpaired) electrons. The van der Waals surface area contributed by atoms with E-state index in [0.717, 1.165) is 41.0 Å². The van der Waals surface area contributed by atoms with Crippen molar-refractivity contribution in [3.05, 3.63) is 33.8 Å². The number of halogens is 2. The maximum Gasteiger partial charge on any atom is 0.233 e. The molecule has 1 aliphatic rings. The quantitative estimate of drug-likeness (QED) is 0.551. The Kier molecular flexibility index (Phi) is 7.82. The Bertz CT molecular complexity index is 815. The third kappa shape index (κ3) is 5.97. The van der Waals surface area contributed by atoms with Gasteiger partial charge in [0.2, 0.25) is 11.0 Å². The molecular weight excluding hydrogens is 439 g/mol. The zero-order chi connectivity index (χ0) is 20.1. The standard InChI is InChI=1S/C18H22Cl2N4O2S2/c1-10(14-6-5-12(19)8-15(14)20)22-16(25)11(2)27-18-24-23-17(28-18)21-9-13-4-3-7-26-13/h5-6,8,10-11,13H,3-4,7,9H2,1-2H3,(H,21,23)(H,22,25). The maximum atomic E-state index is 12.5. The highest BCUT2D eigenvalue weighted by atomic mass is 35.5. The lowest BCUT2D eigenvalue weighted by Gasteiger charge is -2.18. The van der Waals surface area contributed by atoms with Crippen LogP contribution in [0.25, 0.3) is 0 Å². The van der Waals surface area contributed by atoms with E-state index in [1.807, 2.05) is 19.9 Å². The van der Waals surface area contributed by atoms with Gasteiger partial charge in [0.05, 0.1) is 17.4 Å². The Morgan fingerprint density at radius 2 is 2.21 bits per heavy atom. The average molecular weight is 461 g/mol. The van der Waals surface area contributed by atoms with E-state index in [2.05, 4.69) is 20.8 Å². The molecule has 0 bridgehead atoms. The van der Waals surface area contributed by atoms with Gasteiger partial charge in [-0.15, -0.1) is 10.2 Å². The molecule has 0 saturated carbocycles. The van der Waals surface area contributed by atoms with Crippen molar-refractivity contribution in [2.75, 3.05) is 18.5 Å². The van der Waals surface area contributed by atoms with E-state index in [1.165, 1.54) is 23.1 Å². The van der Waals surface area contributed by atoms with E-state index in [0.29, 0.717) is 10.0 Å². The molecule has 3 unspecified atom stereocenters. The molecule has 1 aliphatic heterocycles. The molecule has 1 saturated heterocycles. The molecule has 0 aliphatic carbocycles. The summed E-state index contributed by atoms with van der Waals surface area (Å²) in [5.41, 5.74) is 0.827. The highest BCUT2D eigenvalue weighted by molar-refractivity contribution is 8.02. The number of benzene rings is 1. The number of anilines is 1. The molecule has 1 aromatic carbocycles. The fourth-order valence-corrected chi connectivity index (χ4v) is 5.29. The number of aromatic nitrogens is 2. The number of rotatable bonds is 8. The molecule has 2 aromatic rings. The van der Waals surface area contributed by atoms with Crippen molar-refractivity contribution < 1.29 is 9.53 Å². The van der Waals surface area contributed by atoms with Gasteiger partial charge < -0.3 is 15.4 Å². The van der Waals surface area contributed by atoms with E-state index < -0.39 is 0 Å². The molecule has 0 spiro atoms. The average Bonchev–Trinajstić information content (AvgIpc) is 3.31. The first kappa shape index (κ1) is 21.6. The maximum absolute atomic E-state index is 12.5. The molecule has 152 valence electrons. The smallest absolute Gasteiger partial charge is 0.233 e. The number of nitrogens with zero attached hydrogens (tertiary/aromatic N) is 2. The van der Waals surface area contributed by atoms with Crippen LogP contribution < -0.4 is 10.6 Å². The predicted molar refractivity (Wildman–Crippen MR) is 116 cm³/mol. The third-order valence-corrected chi connectivity index (χ3v) is 6.97. The molecule has 2 N–H and O–H groups in total. The van der Waals surface area contributed by atoms with Gasteiger partial charge in [-0.2, -0.15) is 0 Å². The van der Waals surface area contributed by atoms with Gasteiger partial charge in [-0.1, -0.05) is 52.4 Å². The summed E-state index contributed by atoms with van der Waals surface area (Å²) in [4.78, 5) is 12.5. The largest absolute Gasteiger partial charge is 0.376 e. The summed E-state index contributed by atoms with van der Waals surface area (Å²) in [6.45, 7) is 5.30.